The number of nitrogens with zero attached hydrogens (tertiary/aromatic N) is 3. The molecule has 7 nitrogen and oxygen atoms in total. The summed E-state index contributed by atoms with van der Waals surface area (Å²) in [6.07, 6.45) is 0.960. The number of carbonyl (C=O) groups is 1. The lowest BCUT2D eigenvalue weighted by atomic mass is 10.00. The number of aromatic nitrogens is 3. The highest BCUT2D eigenvalue weighted by Crippen LogP contribution is 2.25. The molecule has 1 amide bonds. The van der Waals surface area contributed by atoms with E-state index in [1.807, 2.05) is 18.5 Å². The van der Waals surface area contributed by atoms with Crippen LogP contribution in [0.5, 0.6) is 0 Å². The Labute approximate surface area is 164 Å². The molecule has 0 unspecified atom stereocenters. The zero-order valence-corrected chi connectivity index (χ0v) is 16.8. The average Bonchev–Trinajstić information content (AvgIpc) is 2.99. The van der Waals surface area contributed by atoms with E-state index in [4.69, 9.17) is 5.11 Å². The van der Waals surface area contributed by atoms with Crippen molar-refractivity contribution >= 4 is 22.8 Å². The van der Waals surface area contributed by atoms with E-state index in [0.717, 1.165) is 23.4 Å². The molecule has 7 heteroatoms. The highest BCUT2D eigenvalue weighted by molar-refractivity contribution is 5.98. The molecule has 0 fully saturated rings. The second kappa shape index (κ2) is 8.39. The van der Waals surface area contributed by atoms with Crippen molar-refractivity contribution in [2.24, 2.45) is 7.05 Å². The Kier molecular flexibility index (Phi) is 5.94. The van der Waals surface area contributed by atoms with Crippen molar-refractivity contribution in [2.45, 2.75) is 33.7 Å². The van der Waals surface area contributed by atoms with E-state index in [-0.39, 0.29) is 19.1 Å². The van der Waals surface area contributed by atoms with Crippen LogP contribution in [0.2, 0.25) is 0 Å². The van der Waals surface area contributed by atoms with Crippen LogP contribution < -0.4 is 10.6 Å². The van der Waals surface area contributed by atoms with Crippen LogP contribution in [0.15, 0.2) is 24.3 Å². The first-order valence-electron chi connectivity index (χ1n) is 9.50. The summed E-state index contributed by atoms with van der Waals surface area (Å²) in [4.78, 5) is 21.5. The van der Waals surface area contributed by atoms with E-state index in [1.165, 1.54) is 16.7 Å². The second-order valence-corrected chi connectivity index (χ2v) is 6.84. The van der Waals surface area contributed by atoms with Crippen LogP contribution in [0.3, 0.4) is 0 Å². The summed E-state index contributed by atoms with van der Waals surface area (Å²) in [5.41, 5.74) is 6.25. The first kappa shape index (κ1) is 19.8. The number of anilines is 1. The van der Waals surface area contributed by atoms with Gasteiger partial charge in [0.2, 0.25) is 0 Å². The molecule has 1 aromatic carbocycles. The van der Waals surface area contributed by atoms with E-state index in [2.05, 4.69) is 52.6 Å². The number of benzene rings is 1. The Balaban J connectivity index is 2.00. The highest BCUT2D eigenvalue weighted by atomic mass is 16.3. The maximum atomic E-state index is 12.4. The largest absolute Gasteiger partial charge is 0.395 e. The molecule has 0 aliphatic rings. The highest BCUT2D eigenvalue weighted by Gasteiger charge is 2.17. The first-order valence-corrected chi connectivity index (χ1v) is 9.50. The molecule has 0 aliphatic carbocycles. The van der Waals surface area contributed by atoms with Gasteiger partial charge in [-0.3, -0.25) is 4.79 Å². The van der Waals surface area contributed by atoms with E-state index >= 15 is 0 Å². The molecule has 2 heterocycles. The molecular weight excluding hydrogens is 354 g/mol. The van der Waals surface area contributed by atoms with Gasteiger partial charge in [-0.15, -0.1) is 0 Å². The number of pyridine rings is 1. The van der Waals surface area contributed by atoms with Gasteiger partial charge in [-0.1, -0.05) is 25.1 Å². The number of aliphatic hydroxyl groups is 1. The van der Waals surface area contributed by atoms with Crippen LogP contribution in [0, 0.1) is 13.8 Å². The topological polar surface area (TPSA) is 92.1 Å². The normalized spacial score (nSPS) is 11.0. The molecule has 0 bridgehead atoms. The number of aryl methyl sites for hydroxylation is 4. The number of imidazole rings is 1. The van der Waals surface area contributed by atoms with Gasteiger partial charge < -0.3 is 20.3 Å². The van der Waals surface area contributed by atoms with E-state index in [0.29, 0.717) is 17.9 Å². The van der Waals surface area contributed by atoms with Crippen LogP contribution in [0.25, 0.3) is 11.2 Å². The fraction of sp³-hybridized carbons (Fsp3) is 0.381. The molecular formula is C21H27N5O2. The number of carbonyl (C=O) groups excluding carboxylic acids is 1. The quantitative estimate of drug-likeness (QED) is 0.585. The smallest absolute Gasteiger partial charge is 0.270 e. The third kappa shape index (κ3) is 3.84. The lowest BCUT2D eigenvalue weighted by Crippen LogP contribution is -2.27. The standard InChI is InChI=1S/C21H27N5O2/c1-5-15-8-6-7-13(2)16(15)12-23-17-11-18(21(28)22-9-10-27)25-20-19(17)24-14(3)26(20)4/h6-8,11,27H,5,9-10,12H2,1-4H3,(H,22,28)(H,23,25). The maximum Gasteiger partial charge on any atom is 0.270 e. The van der Waals surface area contributed by atoms with Crippen LogP contribution in [0.4, 0.5) is 5.69 Å². The molecule has 2 aromatic heterocycles. The zero-order valence-electron chi connectivity index (χ0n) is 16.8. The van der Waals surface area contributed by atoms with E-state index < -0.39 is 0 Å². The van der Waals surface area contributed by atoms with Crippen LogP contribution in [-0.4, -0.2) is 38.7 Å². The third-order valence-corrected chi connectivity index (χ3v) is 5.02. The van der Waals surface area contributed by atoms with Gasteiger partial charge in [0.25, 0.3) is 5.91 Å². The van der Waals surface area contributed by atoms with Gasteiger partial charge in [0.15, 0.2) is 5.65 Å². The summed E-state index contributed by atoms with van der Waals surface area (Å²) in [6.45, 7) is 6.88. The number of fused-ring (bicyclic) bond motifs is 1. The number of hydrogen-bond acceptors (Lipinski definition) is 5. The molecule has 0 atom stereocenters. The van der Waals surface area contributed by atoms with Gasteiger partial charge in [0.05, 0.1) is 12.3 Å². The van der Waals surface area contributed by atoms with Gasteiger partial charge in [0, 0.05) is 20.1 Å². The summed E-state index contributed by atoms with van der Waals surface area (Å²) in [6, 6.07) is 8.06. The summed E-state index contributed by atoms with van der Waals surface area (Å²) in [5, 5.41) is 15.1. The molecule has 28 heavy (non-hydrogen) atoms. The first-order chi connectivity index (χ1) is 13.5. The SMILES string of the molecule is CCc1cccc(C)c1CNc1cc(C(=O)NCCO)nc2c1nc(C)n2C. The van der Waals surface area contributed by atoms with Crippen LogP contribution in [-0.2, 0) is 20.0 Å². The van der Waals surface area contributed by atoms with Crippen LogP contribution in [0.1, 0.15) is 39.9 Å². The minimum Gasteiger partial charge on any atom is -0.395 e. The lowest BCUT2D eigenvalue weighted by molar-refractivity contribution is 0.0940. The summed E-state index contributed by atoms with van der Waals surface area (Å²) < 4.78 is 1.87. The number of amides is 1. The molecule has 3 aromatic rings. The second-order valence-electron chi connectivity index (χ2n) is 6.84. The molecule has 0 saturated carbocycles. The Hall–Kier alpha value is -2.93. The Bertz CT molecular complexity index is 1010. The van der Waals surface area contributed by atoms with Gasteiger partial charge in [-0.25, -0.2) is 9.97 Å². The average molecular weight is 381 g/mol. The number of hydrogen-bond donors (Lipinski definition) is 3. The van der Waals surface area contributed by atoms with Crippen molar-refractivity contribution in [3.8, 4) is 0 Å². The molecule has 0 spiro atoms. The molecule has 3 N–H and O–H groups in total. The fourth-order valence-corrected chi connectivity index (χ4v) is 3.30. The minimum absolute atomic E-state index is 0.114. The van der Waals surface area contributed by atoms with Crippen molar-refractivity contribution in [2.75, 3.05) is 18.5 Å². The van der Waals surface area contributed by atoms with Crippen molar-refractivity contribution in [1.29, 1.82) is 0 Å². The fourth-order valence-electron chi connectivity index (χ4n) is 3.30. The monoisotopic (exact) mass is 381 g/mol. The van der Waals surface area contributed by atoms with Crippen molar-refractivity contribution < 1.29 is 9.90 Å². The van der Waals surface area contributed by atoms with Gasteiger partial charge in [-0.2, -0.15) is 0 Å². The number of aliphatic hydroxyl groups excluding tert-OH is 1. The maximum absolute atomic E-state index is 12.4. The number of rotatable bonds is 7. The Morgan fingerprint density at radius 1 is 1.25 bits per heavy atom. The molecule has 3 rings (SSSR count). The molecule has 0 radical (unpaired) electrons. The van der Waals surface area contributed by atoms with Gasteiger partial charge in [0.1, 0.15) is 17.0 Å². The van der Waals surface area contributed by atoms with Crippen molar-refractivity contribution in [3.05, 3.63) is 52.5 Å². The zero-order chi connectivity index (χ0) is 20.3. The molecule has 0 aliphatic heterocycles. The summed E-state index contributed by atoms with van der Waals surface area (Å²) >= 11 is 0. The van der Waals surface area contributed by atoms with Gasteiger partial charge >= 0.3 is 0 Å². The predicted octanol–water partition coefficient (Wildman–Crippen LogP) is 2.48. The van der Waals surface area contributed by atoms with E-state index in [1.54, 1.807) is 6.07 Å². The Morgan fingerprint density at radius 2 is 2.04 bits per heavy atom. The lowest BCUT2D eigenvalue weighted by Gasteiger charge is -2.14. The summed E-state index contributed by atoms with van der Waals surface area (Å²) in [5.74, 6) is 0.506. The molecule has 148 valence electrons. The Morgan fingerprint density at radius 3 is 2.75 bits per heavy atom. The van der Waals surface area contributed by atoms with Crippen molar-refractivity contribution in [1.82, 2.24) is 19.9 Å². The minimum atomic E-state index is -0.317. The molecule has 0 saturated heterocycles. The van der Waals surface area contributed by atoms with Gasteiger partial charge in [-0.05, 0) is 43.0 Å². The van der Waals surface area contributed by atoms with Crippen LogP contribution >= 0.6 is 0 Å². The van der Waals surface area contributed by atoms with Crippen molar-refractivity contribution in [3.63, 3.8) is 0 Å². The third-order valence-electron chi connectivity index (χ3n) is 5.02. The van der Waals surface area contributed by atoms with E-state index in [9.17, 15) is 4.79 Å². The number of nitrogens with one attached hydrogen (secondary N) is 2. The predicted molar refractivity (Wildman–Crippen MR) is 111 cm³/mol. The summed E-state index contributed by atoms with van der Waals surface area (Å²) in [7, 11) is 1.88.